The van der Waals surface area contributed by atoms with E-state index >= 15 is 0 Å². The Kier molecular flexibility index (Phi) is 4.12. The summed E-state index contributed by atoms with van der Waals surface area (Å²) < 4.78 is 0. The Bertz CT molecular complexity index is 427. The Hall–Kier alpha value is -1.76. The molecule has 0 saturated carbocycles. The van der Waals surface area contributed by atoms with Crippen LogP contribution in [0.15, 0.2) is 49.7 Å². The van der Waals surface area contributed by atoms with Crippen molar-refractivity contribution in [2.75, 3.05) is 0 Å². The van der Waals surface area contributed by atoms with E-state index in [2.05, 4.69) is 50.2 Å². The molecule has 0 atom stereocenters. The molecule has 0 saturated heterocycles. The molecule has 1 aromatic rings. The Morgan fingerprint density at radius 2 is 2.06 bits per heavy atom. The summed E-state index contributed by atoms with van der Waals surface area (Å²) in [6.45, 7) is 16.3. The van der Waals surface area contributed by atoms with E-state index in [0.717, 1.165) is 17.8 Å². The third-order valence-corrected chi connectivity index (χ3v) is 2.52. The summed E-state index contributed by atoms with van der Waals surface area (Å²) in [5.74, 6) is 0. The summed E-state index contributed by atoms with van der Waals surface area (Å²) in [5, 5.41) is 3.19. The number of allylic oxidation sites excluding steroid dienone is 2. The van der Waals surface area contributed by atoms with Crippen molar-refractivity contribution >= 4 is 5.57 Å². The first-order chi connectivity index (χ1) is 7.54. The second-order valence-corrected chi connectivity index (χ2v) is 4.01. The second-order valence-electron chi connectivity index (χ2n) is 4.01. The molecule has 0 aromatic heterocycles. The fourth-order valence-electron chi connectivity index (χ4n) is 1.60. The van der Waals surface area contributed by atoms with Crippen LogP contribution < -0.4 is 5.32 Å². The van der Waals surface area contributed by atoms with Gasteiger partial charge >= 0.3 is 0 Å². The lowest BCUT2D eigenvalue weighted by Gasteiger charge is -2.10. The maximum absolute atomic E-state index is 3.96. The van der Waals surface area contributed by atoms with E-state index in [1.54, 1.807) is 6.08 Å². The molecule has 0 spiro atoms. The zero-order valence-electron chi connectivity index (χ0n) is 10.1. The van der Waals surface area contributed by atoms with Crippen molar-refractivity contribution in [1.82, 2.24) is 5.32 Å². The molecule has 0 aliphatic carbocycles. The molecule has 16 heavy (non-hydrogen) atoms. The Morgan fingerprint density at radius 3 is 2.56 bits per heavy atom. The maximum atomic E-state index is 3.96. The van der Waals surface area contributed by atoms with Gasteiger partial charge in [-0.3, -0.25) is 0 Å². The fraction of sp³-hybridized carbons (Fsp3) is 0.200. The quantitative estimate of drug-likeness (QED) is 0.733. The molecular formula is C15H19N. The number of nitrogens with one attached hydrogen (secondary N) is 1. The molecule has 1 heteroatoms. The van der Waals surface area contributed by atoms with Crippen LogP contribution in [0.4, 0.5) is 0 Å². The highest BCUT2D eigenvalue weighted by molar-refractivity contribution is 5.64. The zero-order chi connectivity index (χ0) is 12.1. The zero-order valence-corrected chi connectivity index (χ0v) is 10.1. The van der Waals surface area contributed by atoms with Crippen LogP contribution in [-0.2, 0) is 6.54 Å². The first kappa shape index (κ1) is 12.3. The number of benzene rings is 1. The molecule has 1 N–H and O–H groups in total. The number of hydrogen-bond donors (Lipinski definition) is 1. The molecular weight excluding hydrogens is 194 g/mol. The van der Waals surface area contributed by atoms with Gasteiger partial charge in [0, 0.05) is 12.2 Å². The Labute approximate surface area is 98.2 Å². The summed E-state index contributed by atoms with van der Waals surface area (Å²) >= 11 is 0. The van der Waals surface area contributed by atoms with Crippen molar-refractivity contribution in [1.29, 1.82) is 0 Å². The molecule has 1 aromatic carbocycles. The largest absolute Gasteiger partial charge is 0.381 e. The molecule has 0 fully saturated rings. The van der Waals surface area contributed by atoms with Crippen molar-refractivity contribution < 1.29 is 0 Å². The molecule has 1 nitrogen and oxygen atoms in total. The van der Waals surface area contributed by atoms with Gasteiger partial charge in [0.2, 0.25) is 0 Å². The van der Waals surface area contributed by atoms with Crippen LogP contribution in [0.25, 0.3) is 5.57 Å². The van der Waals surface area contributed by atoms with Crippen LogP contribution in [0, 0.1) is 6.92 Å². The lowest BCUT2D eigenvalue weighted by molar-refractivity contribution is 0.836. The highest BCUT2D eigenvalue weighted by Gasteiger charge is 2.00. The highest BCUT2D eigenvalue weighted by atomic mass is 14.9. The lowest BCUT2D eigenvalue weighted by atomic mass is 10.0. The lowest BCUT2D eigenvalue weighted by Crippen LogP contribution is -2.10. The topological polar surface area (TPSA) is 12.0 Å². The highest BCUT2D eigenvalue weighted by Crippen LogP contribution is 2.18. The molecule has 0 unspecified atom stereocenters. The summed E-state index contributed by atoms with van der Waals surface area (Å²) in [6.07, 6.45) is 1.72. The van der Waals surface area contributed by atoms with Crippen LogP contribution in [0.2, 0.25) is 0 Å². The van der Waals surface area contributed by atoms with Gasteiger partial charge in [-0.1, -0.05) is 43.5 Å². The number of hydrogen-bond acceptors (Lipinski definition) is 1. The van der Waals surface area contributed by atoms with Crippen LogP contribution in [-0.4, -0.2) is 0 Å². The van der Waals surface area contributed by atoms with Gasteiger partial charge in [0.15, 0.2) is 0 Å². The average molecular weight is 213 g/mol. The number of rotatable bonds is 5. The van der Waals surface area contributed by atoms with Gasteiger partial charge in [-0.2, -0.15) is 0 Å². The Morgan fingerprint density at radius 1 is 1.38 bits per heavy atom. The monoisotopic (exact) mass is 213 g/mol. The third-order valence-electron chi connectivity index (χ3n) is 2.52. The maximum Gasteiger partial charge on any atom is 0.0400 e. The summed E-state index contributed by atoms with van der Waals surface area (Å²) in [6, 6.07) is 6.40. The normalized spacial score (nSPS) is 9.62. The van der Waals surface area contributed by atoms with Gasteiger partial charge in [0.1, 0.15) is 0 Å². The minimum Gasteiger partial charge on any atom is -0.381 e. The van der Waals surface area contributed by atoms with Gasteiger partial charge in [-0.05, 0) is 36.6 Å². The molecule has 0 bridgehead atoms. The summed E-state index contributed by atoms with van der Waals surface area (Å²) in [4.78, 5) is 0. The minimum atomic E-state index is 0.780. The Balaban J connectivity index is 2.77. The van der Waals surface area contributed by atoms with Crippen molar-refractivity contribution in [3.8, 4) is 0 Å². The summed E-state index contributed by atoms with van der Waals surface area (Å²) in [7, 11) is 0. The van der Waals surface area contributed by atoms with Gasteiger partial charge in [0.05, 0.1) is 0 Å². The van der Waals surface area contributed by atoms with Gasteiger partial charge in [-0.15, -0.1) is 0 Å². The van der Waals surface area contributed by atoms with Gasteiger partial charge in [-0.25, -0.2) is 0 Å². The third kappa shape index (κ3) is 3.13. The first-order valence-corrected chi connectivity index (χ1v) is 5.35. The summed E-state index contributed by atoms with van der Waals surface area (Å²) in [5.41, 5.74) is 5.68. The van der Waals surface area contributed by atoms with E-state index in [1.807, 2.05) is 6.92 Å². The first-order valence-electron chi connectivity index (χ1n) is 5.35. The fourth-order valence-corrected chi connectivity index (χ4v) is 1.60. The van der Waals surface area contributed by atoms with E-state index in [9.17, 15) is 0 Å². The number of aryl methyl sites for hydroxylation is 1. The van der Waals surface area contributed by atoms with Crippen molar-refractivity contribution in [3.63, 3.8) is 0 Å². The van der Waals surface area contributed by atoms with Crippen molar-refractivity contribution in [2.45, 2.75) is 20.4 Å². The molecule has 0 aliphatic rings. The van der Waals surface area contributed by atoms with Crippen LogP contribution >= 0.6 is 0 Å². The standard InChI is InChI=1S/C15H19N/c1-6-13(5)16-10-14-7-8-15(11(2)3)12(4)9-14/h6-9,16H,1-2,5,10H2,3-4H3. The van der Waals surface area contributed by atoms with E-state index in [0.29, 0.717) is 0 Å². The average Bonchev–Trinajstić information content (AvgIpc) is 2.25. The molecule has 1 rings (SSSR count). The predicted molar refractivity (Wildman–Crippen MR) is 72.1 cm³/mol. The molecule has 0 radical (unpaired) electrons. The van der Waals surface area contributed by atoms with E-state index in [-0.39, 0.29) is 0 Å². The van der Waals surface area contributed by atoms with Gasteiger partial charge < -0.3 is 5.32 Å². The predicted octanol–water partition coefficient (Wildman–Crippen LogP) is 3.82. The molecule has 0 heterocycles. The van der Waals surface area contributed by atoms with Gasteiger partial charge in [0.25, 0.3) is 0 Å². The van der Waals surface area contributed by atoms with Crippen LogP contribution in [0.1, 0.15) is 23.6 Å². The molecule has 0 amide bonds. The van der Waals surface area contributed by atoms with Crippen LogP contribution in [0.5, 0.6) is 0 Å². The van der Waals surface area contributed by atoms with Crippen molar-refractivity contribution in [3.05, 3.63) is 66.4 Å². The van der Waals surface area contributed by atoms with E-state index in [4.69, 9.17) is 0 Å². The SMILES string of the molecule is C=CC(=C)NCc1ccc(C(=C)C)c(C)c1. The molecule has 84 valence electrons. The van der Waals surface area contributed by atoms with E-state index in [1.165, 1.54) is 16.7 Å². The minimum absolute atomic E-state index is 0.780. The van der Waals surface area contributed by atoms with Crippen molar-refractivity contribution in [2.24, 2.45) is 0 Å². The smallest absolute Gasteiger partial charge is 0.0400 e. The second kappa shape index (κ2) is 5.36. The van der Waals surface area contributed by atoms with E-state index < -0.39 is 0 Å². The molecule has 0 aliphatic heterocycles. The van der Waals surface area contributed by atoms with Crippen LogP contribution in [0.3, 0.4) is 0 Å².